The van der Waals surface area contributed by atoms with Crippen LogP contribution in [0.3, 0.4) is 0 Å². The third kappa shape index (κ3) is 5.58. The molecule has 3 rings (SSSR count). The lowest BCUT2D eigenvalue weighted by Crippen LogP contribution is -2.11. The molecule has 0 atom stereocenters. The maximum absolute atomic E-state index is 13.4. The van der Waals surface area contributed by atoms with Gasteiger partial charge >= 0.3 is 18.5 Å². The molecule has 0 aliphatic heterocycles. The zero-order chi connectivity index (χ0) is 25.5. The van der Waals surface area contributed by atoms with Gasteiger partial charge < -0.3 is 20.9 Å². The van der Waals surface area contributed by atoms with Crippen LogP contribution in [0, 0.1) is 0 Å². The van der Waals surface area contributed by atoms with Crippen molar-refractivity contribution in [3.8, 4) is 23.0 Å². The normalized spacial score (nSPS) is 12.5. The lowest BCUT2D eigenvalue weighted by atomic mass is 10.1. The third-order valence-corrected chi connectivity index (χ3v) is 4.32. The first-order valence-electron chi connectivity index (χ1n) is 9.06. The van der Waals surface area contributed by atoms with Crippen molar-refractivity contribution in [1.29, 1.82) is 0 Å². The molecule has 0 saturated heterocycles. The fraction of sp³-hybridized carbons (Fsp3) is 0.143. The minimum absolute atomic E-state index is 0.251. The Kier molecular flexibility index (Phi) is 6.24. The summed E-state index contributed by atoms with van der Waals surface area (Å²) in [7, 11) is 0. The summed E-state index contributed by atoms with van der Waals surface area (Å²) in [5.74, 6) is -3.50. The minimum Gasteiger partial charge on any atom is -0.457 e. The maximum atomic E-state index is 13.4. The van der Waals surface area contributed by atoms with Gasteiger partial charge in [0, 0.05) is 17.4 Å². The lowest BCUT2D eigenvalue weighted by molar-refractivity contribution is -0.140. The number of halogens is 9. The first kappa shape index (κ1) is 24.9. The highest BCUT2D eigenvalue weighted by Crippen LogP contribution is 2.45. The first-order valence-corrected chi connectivity index (χ1v) is 9.06. The van der Waals surface area contributed by atoms with Crippen LogP contribution in [0.4, 0.5) is 50.9 Å². The highest BCUT2D eigenvalue weighted by Gasteiger charge is 2.38. The molecular weight excluding hydrogens is 483 g/mol. The first-order chi connectivity index (χ1) is 15.6. The molecule has 0 spiro atoms. The van der Waals surface area contributed by atoms with Gasteiger partial charge in [0.25, 0.3) is 0 Å². The second-order valence-corrected chi connectivity index (χ2v) is 6.87. The van der Waals surface area contributed by atoms with Crippen LogP contribution < -0.4 is 20.9 Å². The van der Waals surface area contributed by atoms with Gasteiger partial charge in [-0.3, -0.25) is 0 Å². The van der Waals surface area contributed by atoms with Crippen LogP contribution in [-0.2, 0) is 18.5 Å². The Labute approximate surface area is 185 Å². The third-order valence-electron chi connectivity index (χ3n) is 4.32. The molecule has 0 amide bonds. The zero-order valence-electron chi connectivity index (χ0n) is 16.6. The number of benzene rings is 3. The standard InChI is InChI=1S/C21H13F9N2O2/c22-19(23,24)13-4-3-12(33-16-5-1-10(31)7-14(16)20(25,26)27)9-18(13)34-17-6-2-11(32)8-15(17)21(28,29)30/h1-9H,31-32H2. The fourth-order valence-electron chi connectivity index (χ4n) is 2.85. The smallest absolute Gasteiger partial charge is 0.420 e. The van der Waals surface area contributed by atoms with E-state index in [1.165, 1.54) is 0 Å². The van der Waals surface area contributed by atoms with E-state index in [0.29, 0.717) is 36.4 Å². The van der Waals surface area contributed by atoms with Gasteiger partial charge in [-0.15, -0.1) is 0 Å². The van der Waals surface area contributed by atoms with E-state index in [-0.39, 0.29) is 11.4 Å². The average molecular weight is 496 g/mol. The Hall–Kier alpha value is -3.77. The summed E-state index contributed by atoms with van der Waals surface area (Å²) in [5.41, 5.74) is 5.86. The summed E-state index contributed by atoms with van der Waals surface area (Å²) in [6.07, 6.45) is -15.0. The van der Waals surface area contributed by atoms with Crippen molar-refractivity contribution in [3.05, 3.63) is 71.3 Å². The minimum atomic E-state index is -5.07. The van der Waals surface area contributed by atoms with Gasteiger partial charge in [0.15, 0.2) is 0 Å². The van der Waals surface area contributed by atoms with Gasteiger partial charge in [0.2, 0.25) is 0 Å². The highest BCUT2D eigenvalue weighted by molar-refractivity contribution is 5.54. The molecule has 3 aromatic carbocycles. The summed E-state index contributed by atoms with van der Waals surface area (Å²) in [6.45, 7) is 0. The van der Waals surface area contributed by atoms with Crippen molar-refractivity contribution in [2.45, 2.75) is 18.5 Å². The molecule has 4 nitrogen and oxygen atoms in total. The van der Waals surface area contributed by atoms with Gasteiger partial charge in [-0.25, -0.2) is 0 Å². The molecule has 34 heavy (non-hydrogen) atoms. The zero-order valence-corrected chi connectivity index (χ0v) is 16.6. The number of nitrogens with two attached hydrogens (primary N) is 2. The summed E-state index contributed by atoms with van der Waals surface area (Å²) in [6, 6.07) is 6.24. The number of hydrogen-bond donors (Lipinski definition) is 2. The molecule has 0 unspecified atom stereocenters. The summed E-state index contributed by atoms with van der Waals surface area (Å²) in [5, 5.41) is 0. The monoisotopic (exact) mass is 496 g/mol. The van der Waals surface area contributed by atoms with E-state index in [4.69, 9.17) is 20.9 Å². The van der Waals surface area contributed by atoms with Gasteiger partial charge in [0.1, 0.15) is 34.1 Å². The van der Waals surface area contributed by atoms with E-state index < -0.39 is 58.2 Å². The van der Waals surface area contributed by atoms with Crippen molar-refractivity contribution in [1.82, 2.24) is 0 Å². The quantitative estimate of drug-likeness (QED) is 0.290. The number of rotatable bonds is 4. The van der Waals surface area contributed by atoms with Crippen LogP contribution >= 0.6 is 0 Å². The van der Waals surface area contributed by atoms with Gasteiger partial charge in [-0.05, 0) is 48.5 Å². The highest BCUT2D eigenvalue weighted by atomic mass is 19.4. The molecule has 0 radical (unpaired) electrons. The summed E-state index contributed by atoms with van der Waals surface area (Å²) >= 11 is 0. The Morgan fingerprint density at radius 2 is 0.912 bits per heavy atom. The van der Waals surface area contributed by atoms with Crippen molar-refractivity contribution < 1.29 is 49.0 Å². The largest absolute Gasteiger partial charge is 0.457 e. The topological polar surface area (TPSA) is 70.5 Å². The Bertz CT molecular complexity index is 1200. The predicted octanol–water partition coefficient (Wildman–Crippen LogP) is 7.49. The molecule has 0 fully saturated rings. The van der Waals surface area contributed by atoms with Crippen molar-refractivity contribution in [2.24, 2.45) is 0 Å². The van der Waals surface area contributed by atoms with E-state index in [1.807, 2.05) is 0 Å². The van der Waals surface area contributed by atoms with Crippen LogP contribution in [0.15, 0.2) is 54.6 Å². The number of ether oxygens (including phenoxy) is 2. The molecule has 0 aromatic heterocycles. The lowest BCUT2D eigenvalue weighted by Gasteiger charge is -2.19. The van der Waals surface area contributed by atoms with Crippen LogP contribution in [0.5, 0.6) is 23.0 Å². The maximum Gasteiger partial charge on any atom is 0.420 e. The Morgan fingerprint density at radius 1 is 0.471 bits per heavy atom. The van der Waals surface area contributed by atoms with Crippen LogP contribution in [0.2, 0.25) is 0 Å². The molecule has 4 N–H and O–H groups in total. The summed E-state index contributed by atoms with van der Waals surface area (Å²) in [4.78, 5) is 0. The molecule has 182 valence electrons. The van der Waals surface area contributed by atoms with E-state index >= 15 is 0 Å². The van der Waals surface area contributed by atoms with Gasteiger partial charge in [-0.2, -0.15) is 39.5 Å². The Balaban J connectivity index is 2.09. The molecule has 13 heteroatoms. The average Bonchev–Trinajstić information content (AvgIpc) is 2.68. The second kappa shape index (κ2) is 8.54. The molecule has 3 aromatic rings. The molecule has 0 aliphatic rings. The SMILES string of the molecule is Nc1ccc(Oc2ccc(C(F)(F)F)c(Oc3ccc(N)cc3C(F)(F)F)c2)c(C(F)(F)F)c1. The summed E-state index contributed by atoms with van der Waals surface area (Å²) < 4.78 is 130. The van der Waals surface area contributed by atoms with Gasteiger partial charge in [-0.1, -0.05) is 0 Å². The number of hydrogen-bond acceptors (Lipinski definition) is 4. The molecular formula is C21H13F9N2O2. The van der Waals surface area contributed by atoms with Crippen molar-refractivity contribution >= 4 is 11.4 Å². The second-order valence-electron chi connectivity index (χ2n) is 6.87. The predicted molar refractivity (Wildman–Crippen MR) is 103 cm³/mol. The van der Waals surface area contributed by atoms with Crippen molar-refractivity contribution in [2.75, 3.05) is 11.5 Å². The van der Waals surface area contributed by atoms with Crippen LogP contribution in [0.25, 0.3) is 0 Å². The van der Waals surface area contributed by atoms with Crippen molar-refractivity contribution in [3.63, 3.8) is 0 Å². The number of alkyl halides is 9. The van der Waals surface area contributed by atoms with E-state index in [0.717, 1.165) is 18.2 Å². The molecule has 0 aliphatic carbocycles. The number of anilines is 2. The van der Waals surface area contributed by atoms with Crippen LogP contribution in [0.1, 0.15) is 16.7 Å². The van der Waals surface area contributed by atoms with E-state index in [9.17, 15) is 39.5 Å². The fourth-order valence-corrected chi connectivity index (χ4v) is 2.85. The van der Waals surface area contributed by atoms with E-state index in [2.05, 4.69) is 0 Å². The molecule has 0 saturated carbocycles. The molecule has 0 bridgehead atoms. The Morgan fingerprint density at radius 3 is 1.35 bits per heavy atom. The number of nitrogen functional groups attached to an aromatic ring is 2. The van der Waals surface area contributed by atoms with E-state index in [1.54, 1.807) is 0 Å². The van der Waals surface area contributed by atoms with Gasteiger partial charge in [0.05, 0.1) is 5.56 Å². The molecule has 0 heterocycles. The van der Waals surface area contributed by atoms with Crippen LogP contribution in [-0.4, -0.2) is 0 Å².